The second-order valence-electron chi connectivity index (χ2n) is 6.98. The van der Waals surface area contributed by atoms with Crippen LogP contribution < -0.4 is 0 Å². The monoisotopic (exact) mass is 356 g/mol. The van der Waals surface area contributed by atoms with E-state index in [1.54, 1.807) is 0 Å². The summed E-state index contributed by atoms with van der Waals surface area (Å²) in [4.78, 5) is 10.5. The van der Waals surface area contributed by atoms with E-state index in [2.05, 4.69) is 24.3 Å². The van der Waals surface area contributed by atoms with Crippen LogP contribution in [0.25, 0.3) is 0 Å². The molecule has 0 aromatic carbocycles. The molecule has 1 fully saturated rings. The Hall–Kier alpha value is -0.800. The number of hydrogen-bond donors (Lipinski definition) is 2. The Labute approximate surface area is 151 Å². The fourth-order valence-electron chi connectivity index (χ4n) is 3.32. The van der Waals surface area contributed by atoms with E-state index in [9.17, 15) is 9.90 Å². The van der Waals surface area contributed by atoms with E-state index in [-0.39, 0.29) is 17.9 Å². The number of aliphatic carboxylic acids is 1. The van der Waals surface area contributed by atoms with Gasteiger partial charge in [-0.1, -0.05) is 30.7 Å². The molecule has 0 aromatic heterocycles. The predicted molar refractivity (Wildman–Crippen MR) is 100 cm³/mol. The van der Waals surface area contributed by atoms with Gasteiger partial charge >= 0.3 is 5.97 Å². The molecule has 24 heavy (non-hydrogen) atoms. The van der Waals surface area contributed by atoms with Crippen LogP contribution in [-0.2, 0) is 4.79 Å². The highest BCUT2D eigenvalue weighted by Gasteiger charge is 2.32. The van der Waals surface area contributed by atoms with Gasteiger partial charge in [0, 0.05) is 11.8 Å². The largest absolute Gasteiger partial charge is 0.481 e. The lowest BCUT2D eigenvalue weighted by Gasteiger charge is -2.17. The van der Waals surface area contributed by atoms with Crippen LogP contribution in [-0.4, -0.2) is 27.7 Å². The molecule has 138 valence electrons. The second kappa shape index (κ2) is 12.5. The van der Waals surface area contributed by atoms with Gasteiger partial charge in [-0.15, -0.1) is 11.6 Å². The topological polar surface area (TPSA) is 57.5 Å². The Kier molecular flexibility index (Phi) is 11.1. The van der Waals surface area contributed by atoms with Crippen molar-refractivity contribution in [3.05, 3.63) is 24.3 Å². The van der Waals surface area contributed by atoms with Crippen molar-refractivity contribution in [2.45, 2.75) is 82.6 Å². The van der Waals surface area contributed by atoms with Crippen molar-refractivity contribution in [3.63, 3.8) is 0 Å². The summed E-state index contributed by atoms with van der Waals surface area (Å²) < 4.78 is 0. The smallest absolute Gasteiger partial charge is 0.303 e. The van der Waals surface area contributed by atoms with E-state index in [0.29, 0.717) is 18.3 Å². The van der Waals surface area contributed by atoms with Crippen LogP contribution in [0.5, 0.6) is 0 Å². The van der Waals surface area contributed by atoms with Gasteiger partial charge in [0.1, 0.15) is 0 Å². The van der Waals surface area contributed by atoms with Crippen molar-refractivity contribution in [1.29, 1.82) is 0 Å². The Bertz CT molecular complexity index is 404. The van der Waals surface area contributed by atoms with Gasteiger partial charge in [0.15, 0.2) is 0 Å². The average molecular weight is 357 g/mol. The summed E-state index contributed by atoms with van der Waals surface area (Å²) in [5.74, 6) is 0.336. The summed E-state index contributed by atoms with van der Waals surface area (Å²) in [6.45, 7) is 1.84. The summed E-state index contributed by atoms with van der Waals surface area (Å²) in [5, 5.41) is 18.1. The first-order valence-electron chi connectivity index (χ1n) is 9.36. The zero-order valence-corrected chi connectivity index (χ0v) is 15.6. The average Bonchev–Trinajstić information content (AvgIpc) is 2.86. The number of halogens is 1. The molecule has 0 heterocycles. The van der Waals surface area contributed by atoms with Gasteiger partial charge in [0.25, 0.3) is 0 Å². The normalized spacial score (nSPS) is 25.7. The number of allylic oxidation sites excluding steroid dienone is 4. The first kappa shape index (κ1) is 21.2. The van der Waals surface area contributed by atoms with Crippen molar-refractivity contribution in [3.8, 4) is 0 Å². The van der Waals surface area contributed by atoms with E-state index in [0.717, 1.165) is 51.4 Å². The van der Waals surface area contributed by atoms with Crippen LogP contribution in [0.1, 0.15) is 71.1 Å². The minimum absolute atomic E-state index is 0.188. The maximum absolute atomic E-state index is 10.5. The molecule has 0 spiro atoms. The SMILES string of the molecule is CC(O)CCCC/C=C/C1CCC(Cl)[C@@H]1C/C=C\CCCC(=O)O. The fraction of sp³-hybridized carbons (Fsp3) is 0.750. The van der Waals surface area contributed by atoms with Gasteiger partial charge in [0.2, 0.25) is 0 Å². The predicted octanol–water partition coefficient (Wildman–Crippen LogP) is 5.32. The lowest BCUT2D eigenvalue weighted by Crippen LogP contribution is -2.12. The molecule has 0 aliphatic heterocycles. The van der Waals surface area contributed by atoms with Crippen molar-refractivity contribution < 1.29 is 15.0 Å². The second-order valence-corrected chi connectivity index (χ2v) is 7.54. The molecule has 0 saturated heterocycles. The lowest BCUT2D eigenvalue weighted by atomic mass is 9.91. The Morgan fingerprint density at radius 1 is 1.17 bits per heavy atom. The standard InChI is InChI=1S/C20H33ClO3/c1-16(22)10-6-2-3-7-11-17-14-15-19(21)18(17)12-8-4-5-9-13-20(23)24/h4,7-8,11,16-19,22H,2-3,5-6,9-10,12-15H2,1H3,(H,23,24)/b8-4-,11-7+/t16?,17?,18-,19?/m1/s1. The molecule has 0 aromatic rings. The van der Waals surface area contributed by atoms with Gasteiger partial charge < -0.3 is 10.2 Å². The number of carboxylic acids is 1. The molecule has 1 saturated carbocycles. The summed E-state index contributed by atoms with van der Waals surface area (Å²) in [7, 11) is 0. The van der Waals surface area contributed by atoms with E-state index >= 15 is 0 Å². The van der Waals surface area contributed by atoms with E-state index in [1.807, 2.05) is 6.92 Å². The third-order valence-corrected chi connectivity index (χ3v) is 5.29. The molecular formula is C20H33ClO3. The maximum Gasteiger partial charge on any atom is 0.303 e. The fourth-order valence-corrected chi connectivity index (χ4v) is 3.74. The Balaban J connectivity index is 2.26. The van der Waals surface area contributed by atoms with E-state index in [1.165, 1.54) is 0 Å². The zero-order chi connectivity index (χ0) is 17.8. The molecule has 2 N–H and O–H groups in total. The molecule has 0 radical (unpaired) electrons. The number of carbonyl (C=O) groups is 1. The number of rotatable bonds is 12. The zero-order valence-electron chi connectivity index (χ0n) is 14.9. The summed E-state index contributed by atoms with van der Waals surface area (Å²) >= 11 is 6.48. The Morgan fingerprint density at radius 3 is 2.62 bits per heavy atom. The van der Waals surface area contributed by atoms with Crippen LogP contribution in [0.4, 0.5) is 0 Å². The number of alkyl halides is 1. The van der Waals surface area contributed by atoms with Crippen LogP contribution in [0, 0.1) is 11.8 Å². The summed E-state index contributed by atoms with van der Waals surface area (Å²) in [5.41, 5.74) is 0. The van der Waals surface area contributed by atoms with Crippen LogP contribution in [0.3, 0.4) is 0 Å². The number of aliphatic hydroxyl groups excluding tert-OH is 1. The quantitative estimate of drug-likeness (QED) is 0.282. The molecular weight excluding hydrogens is 324 g/mol. The van der Waals surface area contributed by atoms with Crippen molar-refractivity contribution in [1.82, 2.24) is 0 Å². The lowest BCUT2D eigenvalue weighted by molar-refractivity contribution is -0.137. The number of aliphatic hydroxyl groups is 1. The first-order chi connectivity index (χ1) is 11.5. The molecule has 4 atom stereocenters. The number of carboxylic acid groups (broad SMARTS) is 1. The van der Waals surface area contributed by atoms with Gasteiger partial charge in [-0.2, -0.15) is 0 Å². The molecule has 0 amide bonds. The number of hydrogen-bond acceptors (Lipinski definition) is 2. The van der Waals surface area contributed by atoms with Gasteiger partial charge in [-0.3, -0.25) is 4.79 Å². The van der Waals surface area contributed by atoms with Crippen molar-refractivity contribution in [2.75, 3.05) is 0 Å². The Morgan fingerprint density at radius 2 is 1.92 bits per heavy atom. The van der Waals surface area contributed by atoms with Gasteiger partial charge in [-0.05, 0) is 70.1 Å². The highest BCUT2D eigenvalue weighted by Crippen LogP contribution is 2.39. The molecule has 1 aliphatic carbocycles. The maximum atomic E-state index is 10.5. The molecule has 0 bridgehead atoms. The minimum atomic E-state index is -0.723. The van der Waals surface area contributed by atoms with E-state index < -0.39 is 5.97 Å². The highest BCUT2D eigenvalue weighted by atomic mass is 35.5. The third kappa shape index (κ3) is 9.48. The number of unbranched alkanes of at least 4 members (excludes halogenated alkanes) is 3. The molecule has 3 nitrogen and oxygen atoms in total. The molecule has 1 aliphatic rings. The minimum Gasteiger partial charge on any atom is -0.481 e. The van der Waals surface area contributed by atoms with Crippen LogP contribution >= 0.6 is 11.6 Å². The molecule has 3 unspecified atom stereocenters. The summed E-state index contributed by atoms with van der Waals surface area (Å²) in [6, 6.07) is 0. The first-order valence-corrected chi connectivity index (χ1v) is 9.80. The van der Waals surface area contributed by atoms with Gasteiger partial charge in [-0.25, -0.2) is 0 Å². The van der Waals surface area contributed by atoms with Crippen molar-refractivity contribution >= 4 is 17.6 Å². The molecule has 4 heteroatoms. The highest BCUT2D eigenvalue weighted by molar-refractivity contribution is 6.21. The van der Waals surface area contributed by atoms with Crippen LogP contribution in [0.2, 0.25) is 0 Å². The van der Waals surface area contributed by atoms with E-state index in [4.69, 9.17) is 16.7 Å². The van der Waals surface area contributed by atoms with Crippen molar-refractivity contribution in [2.24, 2.45) is 11.8 Å². The third-order valence-electron chi connectivity index (χ3n) is 4.75. The summed E-state index contributed by atoms with van der Waals surface area (Å²) in [6.07, 6.45) is 17.9. The van der Waals surface area contributed by atoms with Gasteiger partial charge in [0.05, 0.1) is 6.10 Å². The molecule has 1 rings (SSSR count). The van der Waals surface area contributed by atoms with Crippen LogP contribution in [0.15, 0.2) is 24.3 Å².